The summed E-state index contributed by atoms with van der Waals surface area (Å²) in [7, 11) is 0. The topological polar surface area (TPSA) is 51.8 Å². The van der Waals surface area contributed by atoms with Crippen LogP contribution in [0.4, 0.5) is 0 Å². The smallest absolute Gasteiger partial charge is 0.167 e. The largest absolute Gasteiger partial charge is 0.455 e. The second-order valence-corrected chi connectivity index (χ2v) is 9.06. The number of benzene rings is 5. The van der Waals surface area contributed by atoms with E-state index in [-0.39, 0.29) is 0 Å². The summed E-state index contributed by atoms with van der Waals surface area (Å²) in [6.45, 7) is 0. The van der Waals surface area contributed by atoms with Crippen LogP contribution < -0.4 is 0 Å². The fraction of sp³-hybridized carbons (Fsp3) is 0. The Kier molecular flexibility index (Phi) is 4.79. The SMILES string of the molecule is Clc1cccc(-c2nc(-c3ccccc3)nc(-c3cccc4c3oc3ccc5ccccc5c34)n2)c1. The number of hydrogen-bond donors (Lipinski definition) is 0. The zero-order valence-corrected chi connectivity index (χ0v) is 19.8. The first kappa shape index (κ1) is 20.8. The molecule has 2 aromatic heterocycles. The molecular formula is C31H18ClN3O. The average molecular weight is 484 g/mol. The van der Waals surface area contributed by atoms with Crippen molar-refractivity contribution in [2.24, 2.45) is 0 Å². The van der Waals surface area contributed by atoms with Gasteiger partial charge in [0, 0.05) is 26.9 Å². The summed E-state index contributed by atoms with van der Waals surface area (Å²) in [4.78, 5) is 14.6. The maximum Gasteiger partial charge on any atom is 0.167 e. The average Bonchev–Trinajstić information content (AvgIpc) is 3.33. The Morgan fingerprint density at radius 1 is 0.556 bits per heavy atom. The van der Waals surface area contributed by atoms with Crippen LogP contribution in [-0.4, -0.2) is 15.0 Å². The number of hydrogen-bond acceptors (Lipinski definition) is 4. The predicted octanol–water partition coefficient (Wildman–Crippen LogP) is 8.58. The second kappa shape index (κ2) is 8.29. The highest BCUT2D eigenvalue weighted by molar-refractivity contribution is 6.30. The van der Waals surface area contributed by atoms with E-state index < -0.39 is 0 Å². The molecule has 0 saturated carbocycles. The zero-order valence-electron chi connectivity index (χ0n) is 19.0. The Morgan fingerprint density at radius 2 is 1.25 bits per heavy atom. The molecule has 7 rings (SSSR count). The first-order valence-corrected chi connectivity index (χ1v) is 12.0. The third kappa shape index (κ3) is 3.43. The second-order valence-electron chi connectivity index (χ2n) is 8.63. The highest BCUT2D eigenvalue weighted by Gasteiger charge is 2.18. The lowest BCUT2D eigenvalue weighted by molar-refractivity contribution is 0.670. The molecule has 5 heteroatoms. The van der Waals surface area contributed by atoms with Crippen LogP contribution in [0.1, 0.15) is 0 Å². The third-order valence-electron chi connectivity index (χ3n) is 6.38. The van der Waals surface area contributed by atoms with Crippen LogP contribution in [0.3, 0.4) is 0 Å². The summed E-state index contributed by atoms with van der Waals surface area (Å²) < 4.78 is 6.43. The van der Waals surface area contributed by atoms with E-state index >= 15 is 0 Å². The Bertz CT molecular complexity index is 1910. The van der Waals surface area contributed by atoms with Crippen molar-refractivity contribution >= 4 is 44.3 Å². The van der Waals surface area contributed by atoms with E-state index in [4.69, 9.17) is 31.0 Å². The van der Waals surface area contributed by atoms with Gasteiger partial charge < -0.3 is 4.42 Å². The summed E-state index contributed by atoms with van der Waals surface area (Å²) in [5.41, 5.74) is 4.14. The van der Waals surface area contributed by atoms with Crippen molar-refractivity contribution in [2.75, 3.05) is 0 Å². The molecule has 7 aromatic rings. The molecule has 0 amide bonds. The Morgan fingerprint density at radius 3 is 2.11 bits per heavy atom. The standard InChI is InChI=1S/C31H18ClN3O/c32-22-12-6-11-21(18-22)30-33-29(20-9-2-1-3-10-20)34-31(35-30)25-15-7-14-24-27-23-13-5-4-8-19(23)16-17-26(27)36-28(24)25/h1-18H. The molecule has 2 heterocycles. The zero-order chi connectivity index (χ0) is 24.1. The van der Waals surface area contributed by atoms with Crippen LogP contribution in [0.2, 0.25) is 5.02 Å². The Balaban J connectivity index is 1.52. The molecule has 0 fully saturated rings. The van der Waals surface area contributed by atoms with Crippen LogP contribution in [-0.2, 0) is 0 Å². The molecule has 36 heavy (non-hydrogen) atoms. The van der Waals surface area contributed by atoms with E-state index in [9.17, 15) is 0 Å². The summed E-state index contributed by atoms with van der Waals surface area (Å²) in [6.07, 6.45) is 0. The first-order chi connectivity index (χ1) is 17.7. The van der Waals surface area contributed by atoms with E-state index in [0.29, 0.717) is 22.5 Å². The molecule has 0 unspecified atom stereocenters. The van der Waals surface area contributed by atoms with Gasteiger partial charge in [0.05, 0.1) is 5.56 Å². The Labute approximate surface area is 211 Å². The summed E-state index contributed by atoms with van der Waals surface area (Å²) in [6, 6.07) is 36.1. The van der Waals surface area contributed by atoms with Gasteiger partial charge in [-0.2, -0.15) is 0 Å². The normalized spacial score (nSPS) is 11.5. The maximum atomic E-state index is 6.43. The molecule has 0 aliphatic heterocycles. The summed E-state index contributed by atoms with van der Waals surface area (Å²) >= 11 is 6.29. The number of para-hydroxylation sites is 1. The van der Waals surface area contributed by atoms with Gasteiger partial charge in [-0.15, -0.1) is 0 Å². The summed E-state index contributed by atoms with van der Waals surface area (Å²) in [5, 5.41) is 5.09. The van der Waals surface area contributed by atoms with Gasteiger partial charge in [-0.1, -0.05) is 96.5 Å². The number of furan rings is 1. The molecule has 4 nitrogen and oxygen atoms in total. The van der Waals surface area contributed by atoms with E-state index in [1.807, 2.05) is 72.8 Å². The lowest BCUT2D eigenvalue weighted by Crippen LogP contribution is -2.00. The number of aromatic nitrogens is 3. The lowest BCUT2D eigenvalue weighted by Gasteiger charge is -2.09. The van der Waals surface area contributed by atoms with Gasteiger partial charge in [-0.3, -0.25) is 0 Å². The minimum atomic E-state index is 0.549. The molecule has 0 radical (unpaired) electrons. The van der Waals surface area contributed by atoms with Crippen molar-refractivity contribution < 1.29 is 4.42 Å². The van der Waals surface area contributed by atoms with Gasteiger partial charge in [0.25, 0.3) is 0 Å². The Hall–Kier alpha value is -4.54. The van der Waals surface area contributed by atoms with Crippen molar-refractivity contribution in [2.45, 2.75) is 0 Å². The molecule has 0 saturated heterocycles. The lowest BCUT2D eigenvalue weighted by atomic mass is 10.0. The minimum Gasteiger partial charge on any atom is -0.455 e. The summed E-state index contributed by atoms with van der Waals surface area (Å²) in [5.74, 6) is 1.70. The van der Waals surface area contributed by atoms with Crippen molar-refractivity contribution in [3.8, 4) is 34.2 Å². The van der Waals surface area contributed by atoms with Gasteiger partial charge in [-0.25, -0.2) is 15.0 Å². The highest BCUT2D eigenvalue weighted by Crippen LogP contribution is 2.39. The van der Waals surface area contributed by atoms with Gasteiger partial charge in [-0.05, 0) is 35.0 Å². The number of halogens is 1. The molecule has 0 aliphatic rings. The van der Waals surface area contributed by atoms with Gasteiger partial charge >= 0.3 is 0 Å². The third-order valence-corrected chi connectivity index (χ3v) is 6.61. The van der Waals surface area contributed by atoms with Crippen molar-refractivity contribution in [1.82, 2.24) is 15.0 Å². The maximum absolute atomic E-state index is 6.43. The molecular weight excluding hydrogens is 466 g/mol. The van der Waals surface area contributed by atoms with Crippen molar-refractivity contribution in [3.05, 3.63) is 114 Å². The van der Waals surface area contributed by atoms with Crippen LogP contribution >= 0.6 is 11.6 Å². The molecule has 170 valence electrons. The van der Waals surface area contributed by atoms with E-state index in [2.05, 4.69) is 36.4 Å². The van der Waals surface area contributed by atoms with E-state index in [1.54, 1.807) is 0 Å². The fourth-order valence-corrected chi connectivity index (χ4v) is 4.90. The molecule has 0 atom stereocenters. The molecule has 0 aliphatic carbocycles. The molecule has 0 spiro atoms. The number of rotatable bonds is 3. The molecule has 5 aromatic carbocycles. The quantitative estimate of drug-likeness (QED) is 0.252. The minimum absolute atomic E-state index is 0.549. The van der Waals surface area contributed by atoms with Gasteiger partial charge in [0.1, 0.15) is 11.2 Å². The van der Waals surface area contributed by atoms with Crippen LogP contribution in [0.15, 0.2) is 114 Å². The molecule has 0 N–H and O–H groups in total. The first-order valence-electron chi connectivity index (χ1n) is 11.7. The van der Waals surface area contributed by atoms with Gasteiger partial charge in [0.2, 0.25) is 0 Å². The number of fused-ring (bicyclic) bond motifs is 5. The van der Waals surface area contributed by atoms with E-state index in [1.165, 1.54) is 5.39 Å². The van der Waals surface area contributed by atoms with Gasteiger partial charge in [0.15, 0.2) is 17.5 Å². The monoisotopic (exact) mass is 483 g/mol. The number of nitrogens with zero attached hydrogens (tertiary/aromatic N) is 3. The van der Waals surface area contributed by atoms with Crippen LogP contribution in [0, 0.1) is 0 Å². The fourth-order valence-electron chi connectivity index (χ4n) is 4.71. The predicted molar refractivity (Wildman–Crippen MR) is 146 cm³/mol. The van der Waals surface area contributed by atoms with Crippen molar-refractivity contribution in [1.29, 1.82) is 0 Å². The molecule has 0 bridgehead atoms. The van der Waals surface area contributed by atoms with Crippen LogP contribution in [0.5, 0.6) is 0 Å². The van der Waals surface area contributed by atoms with E-state index in [0.717, 1.165) is 44.0 Å². The highest BCUT2D eigenvalue weighted by atomic mass is 35.5. The van der Waals surface area contributed by atoms with Crippen molar-refractivity contribution in [3.63, 3.8) is 0 Å². The van der Waals surface area contributed by atoms with Crippen LogP contribution in [0.25, 0.3) is 66.9 Å².